The van der Waals surface area contributed by atoms with E-state index in [9.17, 15) is 8.42 Å². The maximum Gasteiger partial charge on any atom is 0.306 e. The molecule has 1 aromatic heterocycles. The molecule has 1 aromatic carbocycles. The molecule has 2 aromatic rings. The minimum Gasteiger partial charge on any atom is -0.497 e. The first-order chi connectivity index (χ1) is 12.2. The first-order valence-corrected chi connectivity index (χ1v) is 17.4. The van der Waals surface area contributed by atoms with E-state index >= 15 is 0 Å². The van der Waals surface area contributed by atoms with Crippen molar-refractivity contribution in [3.8, 4) is 16.9 Å². The number of rotatable bonds is 6. The third kappa shape index (κ3) is 4.23. The van der Waals surface area contributed by atoms with E-state index in [1.54, 1.807) is 25.2 Å². The molecule has 2 rings (SSSR count). The minimum absolute atomic E-state index is 0.795. The molecule has 5 nitrogen and oxygen atoms in total. The van der Waals surface area contributed by atoms with Gasteiger partial charge in [0.25, 0.3) is 0 Å². The summed E-state index contributed by atoms with van der Waals surface area (Å²) in [6, 6.07) is 7.95. The molecule has 0 aliphatic carbocycles. The molecule has 0 saturated carbocycles. The predicted octanol–water partition coefficient (Wildman–Crippen LogP) is 2.91. The van der Waals surface area contributed by atoms with E-state index in [4.69, 9.17) is 4.74 Å². The van der Waals surface area contributed by atoms with Gasteiger partial charge in [-0.2, -0.15) is 12.7 Å². The van der Waals surface area contributed by atoms with E-state index in [0.29, 0.717) is 0 Å². The number of hydrogen-bond donors (Lipinski definition) is 0. The van der Waals surface area contributed by atoms with E-state index in [-0.39, 0.29) is 0 Å². The summed E-state index contributed by atoms with van der Waals surface area (Å²) in [5.41, 5.74) is 2.15. The van der Waals surface area contributed by atoms with Crippen LogP contribution in [-0.4, -0.2) is 54.0 Å². The predicted molar refractivity (Wildman–Crippen MR) is 120 cm³/mol. The number of aromatic nitrogens is 1. The summed E-state index contributed by atoms with van der Waals surface area (Å²) in [7, 11) is -2.56. The fourth-order valence-electron chi connectivity index (χ4n) is 3.17. The average molecular weight is 425 g/mol. The number of hydrogen-bond acceptors (Lipinski definition) is 3. The zero-order valence-corrected chi connectivity index (χ0v) is 20.7. The van der Waals surface area contributed by atoms with Gasteiger partial charge < -0.3 is 4.74 Å². The average Bonchev–Trinajstić information content (AvgIpc) is 2.96. The van der Waals surface area contributed by atoms with Crippen LogP contribution in [0.1, 0.15) is 0 Å². The van der Waals surface area contributed by atoms with Crippen LogP contribution in [0.3, 0.4) is 0 Å². The standard InChI is InChI=1S/C19H32N2O3SSi2/c1-20(2)25(22,23)21-14-17(26(4,5)6)18(19(21)27(7,8)9)15-10-12-16(24-3)13-11-15/h10-14H,1-9H3. The summed E-state index contributed by atoms with van der Waals surface area (Å²) >= 11 is 0. The quantitative estimate of drug-likeness (QED) is 0.670. The second-order valence-electron chi connectivity index (χ2n) is 9.08. The Hall–Kier alpha value is -1.36. The lowest BCUT2D eigenvalue weighted by atomic mass is 10.1. The van der Waals surface area contributed by atoms with E-state index in [2.05, 4.69) is 39.3 Å². The highest BCUT2D eigenvalue weighted by Gasteiger charge is 2.36. The zero-order chi connectivity index (χ0) is 20.8. The van der Waals surface area contributed by atoms with Crippen LogP contribution in [0.4, 0.5) is 0 Å². The third-order valence-corrected chi connectivity index (χ3v) is 10.4. The van der Waals surface area contributed by atoms with Gasteiger partial charge in [-0.3, -0.25) is 0 Å². The monoisotopic (exact) mass is 424 g/mol. The van der Waals surface area contributed by atoms with Crippen molar-refractivity contribution in [1.82, 2.24) is 8.28 Å². The summed E-state index contributed by atoms with van der Waals surface area (Å²) in [5, 5.41) is 2.13. The fraction of sp³-hybridized carbons (Fsp3) is 0.474. The van der Waals surface area contributed by atoms with Gasteiger partial charge in [-0.25, -0.2) is 3.97 Å². The molecule has 0 bridgehead atoms. The molecular formula is C19H32N2O3SSi2. The van der Waals surface area contributed by atoms with Crippen molar-refractivity contribution in [3.63, 3.8) is 0 Å². The lowest BCUT2D eigenvalue weighted by molar-refractivity contribution is 0.415. The molecule has 0 unspecified atom stereocenters. The molecule has 0 radical (unpaired) electrons. The molecule has 0 aliphatic rings. The highest BCUT2D eigenvalue weighted by atomic mass is 32.2. The smallest absolute Gasteiger partial charge is 0.306 e. The normalized spacial score (nSPS) is 13.3. The summed E-state index contributed by atoms with van der Waals surface area (Å²) < 4.78 is 34.4. The maximum atomic E-state index is 13.1. The van der Waals surface area contributed by atoms with Crippen molar-refractivity contribution in [3.05, 3.63) is 30.5 Å². The Bertz CT molecular complexity index is 920. The molecule has 27 heavy (non-hydrogen) atoms. The number of ether oxygens (including phenoxy) is 1. The Kier molecular flexibility index (Phi) is 5.88. The topological polar surface area (TPSA) is 51.5 Å². The van der Waals surface area contributed by atoms with Crippen LogP contribution in [-0.2, 0) is 10.2 Å². The van der Waals surface area contributed by atoms with Crippen LogP contribution in [0, 0.1) is 0 Å². The maximum absolute atomic E-state index is 13.1. The van der Waals surface area contributed by atoms with Gasteiger partial charge in [0.15, 0.2) is 0 Å². The first-order valence-electron chi connectivity index (χ1n) is 9.05. The van der Waals surface area contributed by atoms with Gasteiger partial charge in [0.05, 0.1) is 15.2 Å². The molecule has 150 valence electrons. The van der Waals surface area contributed by atoms with E-state index in [1.807, 2.05) is 30.5 Å². The molecule has 0 aliphatic heterocycles. The van der Waals surface area contributed by atoms with E-state index in [0.717, 1.165) is 22.2 Å². The van der Waals surface area contributed by atoms with Gasteiger partial charge in [-0.05, 0) is 28.4 Å². The lowest BCUT2D eigenvalue weighted by Gasteiger charge is -2.25. The van der Waals surface area contributed by atoms with Gasteiger partial charge >= 0.3 is 10.2 Å². The van der Waals surface area contributed by atoms with Gasteiger partial charge in [-0.1, -0.05) is 51.4 Å². The van der Waals surface area contributed by atoms with Gasteiger partial charge in [0.1, 0.15) is 13.8 Å². The number of nitrogens with zero attached hydrogens (tertiary/aromatic N) is 2. The minimum atomic E-state index is -3.59. The Balaban J connectivity index is 2.97. The second-order valence-corrected chi connectivity index (χ2v) is 21.1. The van der Waals surface area contributed by atoms with E-state index in [1.165, 1.54) is 9.49 Å². The molecule has 0 N–H and O–H groups in total. The van der Waals surface area contributed by atoms with Crippen molar-refractivity contribution in [2.75, 3.05) is 21.2 Å². The Labute approximate surface area is 166 Å². The Morgan fingerprint density at radius 1 is 0.926 bits per heavy atom. The largest absolute Gasteiger partial charge is 0.497 e. The molecule has 8 heteroatoms. The molecule has 0 amide bonds. The zero-order valence-electron chi connectivity index (χ0n) is 17.9. The molecule has 0 fully saturated rings. The van der Waals surface area contributed by atoms with Crippen molar-refractivity contribution >= 4 is 36.9 Å². The molecule has 0 atom stereocenters. The van der Waals surface area contributed by atoms with Gasteiger partial charge in [0.2, 0.25) is 0 Å². The molecular weight excluding hydrogens is 392 g/mol. The highest BCUT2D eigenvalue weighted by molar-refractivity contribution is 7.87. The van der Waals surface area contributed by atoms with Gasteiger partial charge in [-0.15, -0.1) is 0 Å². The summed E-state index contributed by atoms with van der Waals surface area (Å²) in [5.74, 6) is 0.795. The van der Waals surface area contributed by atoms with Crippen molar-refractivity contribution < 1.29 is 13.2 Å². The fourth-order valence-corrected chi connectivity index (χ4v) is 8.75. The van der Waals surface area contributed by atoms with Crippen molar-refractivity contribution in [1.29, 1.82) is 0 Å². The van der Waals surface area contributed by atoms with Gasteiger partial charge in [0, 0.05) is 25.6 Å². The number of benzene rings is 1. The highest BCUT2D eigenvalue weighted by Crippen LogP contribution is 2.26. The van der Waals surface area contributed by atoms with E-state index < -0.39 is 26.4 Å². The number of methoxy groups -OCH3 is 1. The molecule has 0 spiro atoms. The third-order valence-electron chi connectivity index (χ3n) is 4.58. The van der Waals surface area contributed by atoms with Crippen molar-refractivity contribution in [2.24, 2.45) is 0 Å². The van der Waals surface area contributed by atoms with Crippen LogP contribution in [0.5, 0.6) is 5.75 Å². The SMILES string of the molecule is COc1ccc(-c2c([Si](C)(C)C)cn(S(=O)(=O)N(C)C)c2[Si](C)(C)C)cc1. The second kappa shape index (κ2) is 7.23. The van der Waals surface area contributed by atoms with Crippen molar-refractivity contribution in [2.45, 2.75) is 39.3 Å². The van der Waals surface area contributed by atoms with Crippen LogP contribution < -0.4 is 15.2 Å². The van der Waals surface area contributed by atoms with Crippen LogP contribution in [0.15, 0.2) is 30.5 Å². The molecule has 0 saturated heterocycles. The lowest BCUT2D eigenvalue weighted by Crippen LogP contribution is -2.48. The van der Waals surface area contributed by atoms with Crippen LogP contribution in [0.25, 0.3) is 11.1 Å². The molecule has 1 heterocycles. The first kappa shape index (κ1) is 21.9. The summed E-state index contributed by atoms with van der Waals surface area (Å²) in [6.07, 6.45) is 1.88. The Morgan fingerprint density at radius 2 is 1.44 bits per heavy atom. The Morgan fingerprint density at radius 3 is 1.81 bits per heavy atom. The summed E-state index contributed by atoms with van der Waals surface area (Å²) in [4.78, 5) is 0. The van der Waals surface area contributed by atoms with Crippen LogP contribution >= 0.6 is 0 Å². The summed E-state index contributed by atoms with van der Waals surface area (Å²) in [6.45, 7) is 13.4. The van der Waals surface area contributed by atoms with Crippen LogP contribution in [0.2, 0.25) is 39.3 Å².